The van der Waals surface area contributed by atoms with Gasteiger partial charge in [0.15, 0.2) is 0 Å². The van der Waals surface area contributed by atoms with Crippen molar-refractivity contribution in [1.29, 1.82) is 0 Å². The first kappa shape index (κ1) is 16.7. The second-order valence-corrected chi connectivity index (χ2v) is 8.58. The van der Waals surface area contributed by atoms with Crippen LogP contribution in [0.15, 0.2) is 11.4 Å². The number of aromatic nitrogens is 1. The minimum Gasteiger partial charge on any atom is -0.351 e. The van der Waals surface area contributed by atoms with Gasteiger partial charge >= 0.3 is 0 Å². The second-order valence-electron chi connectivity index (χ2n) is 6.50. The van der Waals surface area contributed by atoms with Crippen molar-refractivity contribution in [3.63, 3.8) is 0 Å². The van der Waals surface area contributed by atoms with Gasteiger partial charge in [0.05, 0.1) is 9.88 Å². The molecule has 1 N–H and O–H groups in total. The Labute approximate surface area is 146 Å². The molecule has 0 saturated heterocycles. The third kappa shape index (κ3) is 4.42. The molecule has 0 fully saturated rings. The second kappa shape index (κ2) is 7.58. The zero-order chi connectivity index (χ0) is 16.2. The van der Waals surface area contributed by atoms with Crippen LogP contribution in [0.5, 0.6) is 0 Å². The largest absolute Gasteiger partial charge is 0.351 e. The Bertz CT molecular complexity index is 674. The van der Waals surface area contributed by atoms with E-state index in [1.165, 1.54) is 21.9 Å². The van der Waals surface area contributed by atoms with E-state index in [2.05, 4.69) is 28.7 Å². The standard InChI is InChI=1S/C18H24N2OS2/c1-12-6-7-15-14(9-12)10-16(23-15)18(21)19-8-4-3-5-17-20-13(2)11-22-17/h10-12H,3-9H2,1-2H3,(H,19,21). The molecule has 1 unspecified atom stereocenters. The maximum Gasteiger partial charge on any atom is 0.261 e. The van der Waals surface area contributed by atoms with Gasteiger partial charge in [-0.05, 0) is 63.0 Å². The first-order chi connectivity index (χ1) is 11.1. The van der Waals surface area contributed by atoms with E-state index in [0.29, 0.717) is 0 Å². The molecular formula is C18H24N2OS2. The SMILES string of the molecule is Cc1csc(CCCCNC(=O)c2cc3c(s2)CCC(C)C3)n1. The van der Waals surface area contributed by atoms with Crippen LogP contribution in [0.1, 0.15) is 57.0 Å². The van der Waals surface area contributed by atoms with Crippen molar-refractivity contribution in [2.24, 2.45) is 5.92 Å². The van der Waals surface area contributed by atoms with E-state index < -0.39 is 0 Å². The molecule has 0 saturated carbocycles. The summed E-state index contributed by atoms with van der Waals surface area (Å²) < 4.78 is 0. The fourth-order valence-electron chi connectivity index (χ4n) is 3.03. The Balaban J connectivity index is 1.41. The summed E-state index contributed by atoms with van der Waals surface area (Å²) in [6.45, 7) is 5.08. The minimum absolute atomic E-state index is 0.0992. The Morgan fingerprint density at radius 1 is 1.43 bits per heavy atom. The van der Waals surface area contributed by atoms with Gasteiger partial charge < -0.3 is 5.32 Å². The van der Waals surface area contributed by atoms with Crippen LogP contribution in [0.25, 0.3) is 0 Å². The summed E-state index contributed by atoms with van der Waals surface area (Å²) >= 11 is 3.42. The summed E-state index contributed by atoms with van der Waals surface area (Å²) in [5, 5.41) is 6.36. The summed E-state index contributed by atoms with van der Waals surface area (Å²) in [5.74, 6) is 0.852. The fourth-order valence-corrected chi connectivity index (χ4v) is 4.97. The van der Waals surface area contributed by atoms with Gasteiger partial charge in [-0.3, -0.25) is 4.79 Å². The number of unbranched alkanes of at least 4 members (excludes halogenated alkanes) is 1. The van der Waals surface area contributed by atoms with Gasteiger partial charge in [0.1, 0.15) is 0 Å². The molecule has 2 aromatic rings. The molecule has 1 aliphatic carbocycles. The zero-order valence-corrected chi connectivity index (χ0v) is 15.5. The Morgan fingerprint density at radius 2 is 2.30 bits per heavy atom. The van der Waals surface area contributed by atoms with Gasteiger partial charge in [0, 0.05) is 22.5 Å². The fraction of sp³-hybridized carbons (Fsp3) is 0.556. The lowest BCUT2D eigenvalue weighted by atomic mass is 9.90. The highest BCUT2D eigenvalue weighted by Crippen LogP contribution is 2.32. The summed E-state index contributed by atoms with van der Waals surface area (Å²) in [6.07, 6.45) is 6.62. The molecule has 1 atom stereocenters. The molecule has 1 amide bonds. The topological polar surface area (TPSA) is 42.0 Å². The van der Waals surface area contributed by atoms with Gasteiger partial charge in [-0.1, -0.05) is 6.92 Å². The molecule has 0 aliphatic heterocycles. The number of amides is 1. The van der Waals surface area contributed by atoms with E-state index in [1.807, 2.05) is 6.92 Å². The highest BCUT2D eigenvalue weighted by Gasteiger charge is 2.20. The monoisotopic (exact) mass is 348 g/mol. The number of hydrogen-bond acceptors (Lipinski definition) is 4. The number of nitrogens with zero attached hydrogens (tertiary/aromatic N) is 1. The van der Waals surface area contributed by atoms with Crippen molar-refractivity contribution in [1.82, 2.24) is 10.3 Å². The predicted molar refractivity (Wildman–Crippen MR) is 97.6 cm³/mol. The smallest absolute Gasteiger partial charge is 0.261 e. The average Bonchev–Trinajstić information content (AvgIpc) is 3.12. The van der Waals surface area contributed by atoms with Crippen LogP contribution in [0.3, 0.4) is 0 Å². The van der Waals surface area contributed by atoms with Crippen molar-refractivity contribution >= 4 is 28.6 Å². The molecule has 0 spiro atoms. The van der Waals surface area contributed by atoms with Gasteiger partial charge in [0.25, 0.3) is 5.91 Å². The molecule has 5 heteroatoms. The number of rotatable bonds is 6. The molecule has 2 heterocycles. The van der Waals surface area contributed by atoms with Gasteiger partial charge in [-0.25, -0.2) is 4.98 Å². The maximum atomic E-state index is 12.3. The first-order valence-electron chi connectivity index (χ1n) is 8.42. The Morgan fingerprint density at radius 3 is 3.09 bits per heavy atom. The van der Waals surface area contributed by atoms with E-state index in [9.17, 15) is 4.79 Å². The van der Waals surface area contributed by atoms with Crippen LogP contribution in [0.4, 0.5) is 0 Å². The zero-order valence-electron chi connectivity index (χ0n) is 13.9. The summed E-state index contributed by atoms with van der Waals surface area (Å²) in [4.78, 5) is 19.0. The minimum atomic E-state index is 0.0992. The third-order valence-electron chi connectivity index (χ3n) is 4.32. The van der Waals surface area contributed by atoms with Crippen molar-refractivity contribution in [3.8, 4) is 0 Å². The molecular weight excluding hydrogens is 324 g/mol. The van der Waals surface area contributed by atoms with Crippen molar-refractivity contribution in [2.75, 3.05) is 6.54 Å². The van der Waals surface area contributed by atoms with Crippen LogP contribution in [-0.2, 0) is 19.3 Å². The molecule has 0 bridgehead atoms. The average molecular weight is 349 g/mol. The molecule has 23 heavy (non-hydrogen) atoms. The lowest BCUT2D eigenvalue weighted by Crippen LogP contribution is -2.23. The highest BCUT2D eigenvalue weighted by atomic mass is 32.1. The molecule has 2 aromatic heterocycles. The van der Waals surface area contributed by atoms with Crippen LogP contribution in [0.2, 0.25) is 0 Å². The maximum absolute atomic E-state index is 12.3. The normalized spacial score (nSPS) is 17.0. The van der Waals surface area contributed by atoms with Crippen molar-refractivity contribution in [2.45, 2.75) is 52.4 Å². The van der Waals surface area contributed by atoms with Crippen LogP contribution < -0.4 is 5.32 Å². The van der Waals surface area contributed by atoms with Gasteiger partial charge in [-0.15, -0.1) is 22.7 Å². The molecule has 0 aromatic carbocycles. The Kier molecular flexibility index (Phi) is 5.49. The van der Waals surface area contributed by atoms with E-state index in [1.54, 1.807) is 22.7 Å². The molecule has 1 aliphatic rings. The number of thiazole rings is 1. The number of carbonyl (C=O) groups excluding carboxylic acids is 1. The summed E-state index contributed by atoms with van der Waals surface area (Å²) in [7, 11) is 0. The number of nitrogens with one attached hydrogen (secondary N) is 1. The lowest BCUT2D eigenvalue weighted by Gasteiger charge is -2.16. The number of thiophene rings is 1. The van der Waals surface area contributed by atoms with Gasteiger partial charge in [0.2, 0.25) is 0 Å². The third-order valence-corrected chi connectivity index (χ3v) is 6.58. The predicted octanol–water partition coefficient (Wildman–Crippen LogP) is 4.39. The number of aryl methyl sites for hydroxylation is 3. The van der Waals surface area contributed by atoms with E-state index >= 15 is 0 Å². The van der Waals surface area contributed by atoms with Crippen LogP contribution >= 0.6 is 22.7 Å². The van der Waals surface area contributed by atoms with Crippen molar-refractivity contribution in [3.05, 3.63) is 37.5 Å². The molecule has 0 radical (unpaired) electrons. The number of hydrogen-bond donors (Lipinski definition) is 1. The van der Waals surface area contributed by atoms with Crippen LogP contribution in [0, 0.1) is 12.8 Å². The highest BCUT2D eigenvalue weighted by molar-refractivity contribution is 7.14. The van der Waals surface area contributed by atoms with E-state index in [4.69, 9.17) is 0 Å². The summed E-state index contributed by atoms with van der Waals surface area (Å²) in [5.41, 5.74) is 2.51. The van der Waals surface area contributed by atoms with E-state index in [-0.39, 0.29) is 5.91 Å². The quantitative estimate of drug-likeness (QED) is 0.787. The number of fused-ring (bicyclic) bond motifs is 1. The molecule has 3 rings (SSSR count). The summed E-state index contributed by atoms with van der Waals surface area (Å²) in [6, 6.07) is 2.11. The Hall–Kier alpha value is -1.20. The van der Waals surface area contributed by atoms with Crippen molar-refractivity contribution < 1.29 is 4.79 Å². The first-order valence-corrected chi connectivity index (χ1v) is 10.1. The van der Waals surface area contributed by atoms with Crippen LogP contribution in [-0.4, -0.2) is 17.4 Å². The molecule has 3 nitrogen and oxygen atoms in total. The molecule has 124 valence electrons. The van der Waals surface area contributed by atoms with E-state index in [0.717, 1.165) is 55.1 Å². The van der Waals surface area contributed by atoms with Gasteiger partial charge in [-0.2, -0.15) is 0 Å². The lowest BCUT2D eigenvalue weighted by molar-refractivity contribution is 0.0957. The number of carbonyl (C=O) groups is 1.